The Morgan fingerprint density at radius 1 is 1.12 bits per heavy atom. The van der Waals surface area contributed by atoms with Gasteiger partial charge in [0.05, 0.1) is 22.2 Å². The van der Waals surface area contributed by atoms with Gasteiger partial charge in [-0.05, 0) is 71.6 Å². The van der Waals surface area contributed by atoms with Crippen LogP contribution in [-0.2, 0) is 10.3 Å². The van der Waals surface area contributed by atoms with E-state index < -0.39 is 40.4 Å². The number of rotatable bonds is 9. The lowest BCUT2D eigenvalue weighted by Gasteiger charge is -2.55. The van der Waals surface area contributed by atoms with Crippen molar-refractivity contribution in [3.05, 3.63) is 76.7 Å². The second-order valence-corrected chi connectivity index (χ2v) is 13.0. The molecule has 2 aliphatic rings. The molecule has 1 unspecified atom stereocenters. The third-order valence-electron chi connectivity index (χ3n) is 8.75. The molecule has 232 valence electrons. The number of likely N-dealkylation sites (tertiary alicyclic amines) is 1. The number of hydrogen-bond acceptors (Lipinski definition) is 7. The summed E-state index contributed by atoms with van der Waals surface area (Å²) in [6.07, 6.45) is 1.61. The SMILES string of the molecule is Cc1ccc(F)c(C(C)(C)NC(=O)CC2(NC(O)c3cc(-c4ccc(F)cc4F)on3)CN(C3CCC(C)(O)CC3)C2)c1. The summed E-state index contributed by atoms with van der Waals surface area (Å²) in [5.74, 6) is -2.28. The minimum absolute atomic E-state index is 0.00458. The molecule has 2 heterocycles. The molecular weight excluding hydrogens is 561 g/mol. The summed E-state index contributed by atoms with van der Waals surface area (Å²) in [5.41, 5.74) is -1.22. The average Bonchev–Trinajstić information content (AvgIpc) is 3.38. The number of amides is 1. The largest absolute Gasteiger partial charge is 0.390 e. The van der Waals surface area contributed by atoms with E-state index >= 15 is 0 Å². The Labute approximate surface area is 249 Å². The Bertz CT molecular complexity index is 1470. The molecule has 1 aliphatic carbocycles. The van der Waals surface area contributed by atoms with Gasteiger partial charge in [-0.2, -0.15) is 0 Å². The molecule has 11 heteroatoms. The highest BCUT2D eigenvalue weighted by Gasteiger charge is 2.49. The van der Waals surface area contributed by atoms with Crippen LogP contribution in [0.15, 0.2) is 47.0 Å². The van der Waals surface area contributed by atoms with E-state index in [0.717, 1.165) is 30.5 Å². The topological polar surface area (TPSA) is 111 Å². The number of benzene rings is 2. The van der Waals surface area contributed by atoms with Crippen molar-refractivity contribution in [2.45, 2.75) is 88.7 Å². The summed E-state index contributed by atoms with van der Waals surface area (Å²) in [6.45, 7) is 8.07. The Kier molecular flexibility index (Phi) is 8.47. The van der Waals surface area contributed by atoms with Crippen molar-refractivity contribution in [1.82, 2.24) is 20.7 Å². The first-order valence-corrected chi connectivity index (χ1v) is 14.6. The van der Waals surface area contributed by atoms with Crippen LogP contribution in [0.25, 0.3) is 11.3 Å². The lowest BCUT2D eigenvalue weighted by atomic mass is 9.78. The van der Waals surface area contributed by atoms with E-state index in [1.807, 2.05) is 13.8 Å². The zero-order valence-electron chi connectivity index (χ0n) is 24.9. The Hall–Kier alpha value is -3.25. The first-order chi connectivity index (χ1) is 20.2. The van der Waals surface area contributed by atoms with Crippen LogP contribution in [-0.4, -0.2) is 56.4 Å². The van der Waals surface area contributed by atoms with Crippen molar-refractivity contribution >= 4 is 5.91 Å². The lowest BCUT2D eigenvalue weighted by Crippen LogP contribution is -2.73. The predicted molar refractivity (Wildman–Crippen MR) is 154 cm³/mol. The molecule has 1 saturated carbocycles. The fourth-order valence-electron chi connectivity index (χ4n) is 6.32. The highest BCUT2D eigenvalue weighted by atomic mass is 19.1. The summed E-state index contributed by atoms with van der Waals surface area (Å²) in [6, 6.07) is 9.42. The molecule has 3 aromatic rings. The third-order valence-corrected chi connectivity index (χ3v) is 8.75. The zero-order valence-corrected chi connectivity index (χ0v) is 24.9. The first kappa shape index (κ1) is 31.2. The molecule has 1 amide bonds. The monoisotopic (exact) mass is 600 g/mol. The van der Waals surface area contributed by atoms with Crippen molar-refractivity contribution in [3.63, 3.8) is 0 Å². The molecule has 1 aromatic heterocycles. The maximum atomic E-state index is 14.7. The predicted octanol–water partition coefficient (Wildman–Crippen LogP) is 4.84. The highest BCUT2D eigenvalue weighted by Crippen LogP contribution is 2.37. The Morgan fingerprint density at radius 3 is 2.49 bits per heavy atom. The molecule has 43 heavy (non-hydrogen) atoms. The molecule has 4 N–H and O–H groups in total. The van der Waals surface area contributed by atoms with E-state index in [9.17, 15) is 28.2 Å². The number of aliphatic hydroxyl groups is 2. The standard InChI is InChI=1S/C32H39F3N4O4/c1-19-5-8-24(34)23(13-19)30(2,3)36-28(40)16-32(17-39(18-32)21-9-11-31(4,42)12-10-21)37-29(41)26-15-27(43-38-26)22-7-6-20(33)14-25(22)35/h5-8,13-15,21,29,37,41-42H,9-12,16-18H2,1-4H3,(H,36,40). The quantitative estimate of drug-likeness (QED) is 0.260. The average molecular weight is 601 g/mol. The number of aliphatic hydroxyl groups excluding tert-OH is 1. The van der Waals surface area contributed by atoms with E-state index in [4.69, 9.17) is 4.52 Å². The summed E-state index contributed by atoms with van der Waals surface area (Å²) in [4.78, 5) is 15.7. The number of aromatic nitrogens is 1. The van der Waals surface area contributed by atoms with Crippen LogP contribution >= 0.6 is 0 Å². The minimum Gasteiger partial charge on any atom is -0.390 e. The van der Waals surface area contributed by atoms with Crippen molar-refractivity contribution in [2.75, 3.05) is 13.1 Å². The summed E-state index contributed by atoms with van der Waals surface area (Å²) in [5, 5.41) is 31.5. The first-order valence-electron chi connectivity index (χ1n) is 14.6. The van der Waals surface area contributed by atoms with Gasteiger partial charge in [-0.25, -0.2) is 13.2 Å². The number of halogens is 3. The van der Waals surface area contributed by atoms with Crippen LogP contribution < -0.4 is 10.6 Å². The van der Waals surface area contributed by atoms with Gasteiger partial charge in [-0.1, -0.05) is 22.9 Å². The van der Waals surface area contributed by atoms with E-state index in [0.29, 0.717) is 31.5 Å². The van der Waals surface area contributed by atoms with Crippen LogP contribution in [0.2, 0.25) is 0 Å². The van der Waals surface area contributed by atoms with Gasteiger partial charge in [-0.3, -0.25) is 15.0 Å². The fraction of sp³-hybridized carbons (Fsp3) is 0.500. The van der Waals surface area contributed by atoms with Gasteiger partial charge in [0, 0.05) is 43.2 Å². The second-order valence-electron chi connectivity index (χ2n) is 13.0. The Morgan fingerprint density at radius 2 is 1.81 bits per heavy atom. The third kappa shape index (κ3) is 6.95. The maximum Gasteiger partial charge on any atom is 0.222 e. The number of carbonyl (C=O) groups excluding carboxylic acids is 1. The Balaban J connectivity index is 1.32. The normalized spacial score (nSPS) is 23.0. The smallest absolute Gasteiger partial charge is 0.222 e. The maximum absolute atomic E-state index is 14.7. The van der Waals surface area contributed by atoms with Gasteiger partial charge in [0.1, 0.15) is 23.1 Å². The van der Waals surface area contributed by atoms with Gasteiger partial charge in [0.2, 0.25) is 5.91 Å². The number of nitrogens with zero attached hydrogens (tertiary/aromatic N) is 2. The van der Waals surface area contributed by atoms with E-state index in [1.165, 1.54) is 18.2 Å². The van der Waals surface area contributed by atoms with E-state index in [-0.39, 0.29) is 35.4 Å². The molecule has 2 fully saturated rings. The van der Waals surface area contributed by atoms with Crippen LogP contribution in [0.1, 0.15) is 75.9 Å². The number of nitrogens with one attached hydrogen (secondary N) is 2. The highest BCUT2D eigenvalue weighted by molar-refractivity contribution is 5.78. The van der Waals surface area contributed by atoms with Crippen LogP contribution in [0.3, 0.4) is 0 Å². The van der Waals surface area contributed by atoms with Gasteiger partial charge >= 0.3 is 0 Å². The molecule has 0 spiro atoms. The molecule has 1 atom stereocenters. The molecule has 5 rings (SSSR count). The summed E-state index contributed by atoms with van der Waals surface area (Å²) < 4.78 is 47.6. The minimum atomic E-state index is -1.36. The molecule has 8 nitrogen and oxygen atoms in total. The van der Waals surface area contributed by atoms with Crippen molar-refractivity contribution < 1.29 is 32.7 Å². The van der Waals surface area contributed by atoms with E-state index in [1.54, 1.807) is 26.0 Å². The van der Waals surface area contributed by atoms with E-state index in [2.05, 4.69) is 20.7 Å². The van der Waals surface area contributed by atoms with Crippen molar-refractivity contribution in [3.8, 4) is 11.3 Å². The number of aryl methyl sites for hydroxylation is 1. The van der Waals surface area contributed by atoms with Crippen LogP contribution in [0.4, 0.5) is 13.2 Å². The molecule has 0 bridgehead atoms. The molecular formula is C32H39F3N4O4. The summed E-state index contributed by atoms with van der Waals surface area (Å²) >= 11 is 0. The van der Waals surface area contributed by atoms with Gasteiger partial charge in [0.15, 0.2) is 12.0 Å². The van der Waals surface area contributed by atoms with Crippen molar-refractivity contribution in [1.29, 1.82) is 0 Å². The molecule has 1 saturated heterocycles. The fourth-order valence-corrected chi connectivity index (χ4v) is 6.32. The number of carbonyl (C=O) groups is 1. The van der Waals surface area contributed by atoms with Crippen molar-refractivity contribution in [2.24, 2.45) is 0 Å². The number of hydrogen-bond donors (Lipinski definition) is 4. The van der Waals surface area contributed by atoms with Crippen LogP contribution in [0.5, 0.6) is 0 Å². The van der Waals surface area contributed by atoms with Crippen LogP contribution in [0, 0.1) is 24.4 Å². The van der Waals surface area contributed by atoms with Gasteiger partial charge in [-0.15, -0.1) is 0 Å². The molecule has 2 aromatic carbocycles. The zero-order chi connectivity index (χ0) is 31.2. The summed E-state index contributed by atoms with van der Waals surface area (Å²) in [7, 11) is 0. The molecule has 0 radical (unpaired) electrons. The second kappa shape index (κ2) is 11.7. The van der Waals surface area contributed by atoms with Gasteiger partial charge in [0.25, 0.3) is 0 Å². The lowest BCUT2D eigenvalue weighted by molar-refractivity contribution is -0.129. The molecule has 1 aliphatic heterocycles. The van der Waals surface area contributed by atoms with Gasteiger partial charge < -0.3 is 20.1 Å².